The maximum absolute atomic E-state index is 13.7. The Bertz CT molecular complexity index is 876. The van der Waals surface area contributed by atoms with Crippen LogP contribution in [0.25, 0.3) is 0 Å². The molecule has 0 saturated carbocycles. The zero-order valence-corrected chi connectivity index (χ0v) is 15.8. The van der Waals surface area contributed by atoms with Crippen LogP contribution in [0.15, 0.2) is 53.0 Å². The van der Waals surface area contributed by atoms with Crippen LogP contribution in [0.5, 0.6) is 0 Å². The summed E-state index contributed by atoms with van der Waals surface area (Å²) in [7, 11) is 0. The van der Waals surface area contributed by atoms with E-state index in [0.29, 0.717) is 4.47 Å². The van der Waals surface area contributed by atoms with E-state index >= 15 is 0 Å². The molecular formula is C19H17BrFN3O3. The molecule has 0 radical (unpaired) electrons. The molecule has 1 fully saturated rings. The summed E-state index contributed by atoms with van der Waals surface area (Å²) in [6.45, 7) is -0.0397. The van der Waals surface area contributed by atoms with Gasteiger partial charge in [0.25, 0.3) is 0 Å². The highest BCUT2D eigenvalue weighted by atomic mass is 79.9. The number of halogens is 2. The van der Waals surface area contributed by atoms with Crippen molar-refractivity contribution in [3.05, 3.63) is 58.8 Å². The van der Waals surface area contributed by atoms with Crippen LogP contribution in [-0.4, -0.2) is 30.8 Å². The second kappa shape index (κ2) is 8.30. The summed E-state index contributed by atoms with van der Waals surface area (Å²) in [4.78, 5) is 37.9. The van der Waals surface area contributed by atoms with Gasteiger partial charge >= 0.3 is 0 Å². The minimum atomic E-state index is -0.580. The molecule has 1 saturated heterocycles. The summed E-state index contributed by atoms with van der Waals surface area (Å²) >= 11 is 3.14. The molecule has 3 amide bonds. The van der Waals surface area contributed by atoms with E-state index in [1.54, 1.807) is 23.1 Å². The molecule has 6 nitrogen and oxygen atoms in total. The third-order valence-corrected chi connectivity index (χ3v) is 4.69. The highest BCUT2D eigenvalue weighted by molar-refractivity contribution is 9.10. The summed E-state index contributed by atoms with van der Waals surface area (Å²) in [5.74, 6) is -2.18. The quantitative estimate of drug-likeness (QED) is 0.760. The first-order valence-corrected chi connectivity index (χ1v) is 9.11. The lowest BCUT2D eigenvalue weighted by Gasteiger charge is -2.16. The zero-order chi connectivity index (χ0) is 19.4. The fraction of sp³-hybridized carbons (Fsp3) is 0.211. The molecule has 2 N–H and O–H groups in total. The average molecular weight is 434 g/mol. The van der Waals surface area contributed by atoms with E-state index in [9.17, 15) is 18.8 Å². The molecular weight excluding hydrogens is 417 g/mol. The Balaban J connectivity index is 1.52. The minimum Gasteiger partial charge on any atom is -0.347 e. The van der Waals surface area contributed by atoms with Gasteiger partial charge in [-0.3, -0.25) is 14.4 Å². The summed E-state index contributed by atoms with van der Waals surface area (Å²) in [5, 5.41) is 4.91. The van der Waals surface area contributed by atoms with Gasteiger partial charge in [0.2, 0.25) is 17.7 Å². The summed E-state index contributed by atoms with van der Waals surface area (Å²) in [6.07, 6.45) is 0.0870. The fourth-order valence-electron chi connectivity index (χ4n) is 2.84. The molecule has 2 aromatic carbocycles. The number of carbonyl (C=O) groups excluding carboxylic acids is 3. The van der Waals surface area contributed by atoms with Gasteiger partial charge in [-0.05, 0) is 30.3 Å². The first-order valence-electron chi connectivity index (χ1n) is 8.32. The number of rotatable bonds is 5. The van der Waals surface area contributed by atoms with Crippen molar-refractivity contribution in [3.63, 3.8) is 0 Å². The highest BCUT2D eigenvalue weighted by Crippen LogP contribution is 2.25. The third-order valence-electron chi connectivity index (χ3n) is 4.19. The van der Waals surface area contributed by atoms with E-state index in [4.69, 9.17) is 0 Å². The van der Waals surface area contributed by atoms with Gasteiger partial charge in [0, 0.05) is 23.1 Å². The van der Waals surface area contributed by atoms with Crippen molar-refractivity contribution in [1.82, 2.24) is 5.32 Å². The summed E-state index contributed by atoms with van der Waals surface area (Å²) in [6, 6.07) is 13.4. The molecule has 1 aliphatic heterocycles. The smallest absolute Gasteiger partial charge is 0.243 e. The molecule has 0 aromatic heterocycles. The molecule has 140 valence electrons. The molecule has 27 heavy (non-hydrogen) atoms. The number of nitrogens with zero attached hydrogens (tertiary/aromatic N) is 1. The number of para-hydroxylation sites is 1. The normalized spacial score (nSPS) is 16.3. The molecule has 8 heteroatoms. The molecule has 2 aromatic rings. The number of hydrogen-bond acceptors (Lipinski definition) is 3. The van der Waals surface area contributed by atoms with E-state index in [-0.39, 0.29) is 37.0 Å². The van der Waals surface area contributed by atoms with Crippen LogP contribution in [0.1, 0.15) is 6.42 Å². The summed E-state index contributed by atoms with van der Waals surface area (Å²) < 4.78 is 14.3. The third kappa shape index (κ3) is 4.71. The average Bonchev–Trinajstić information content (AvgIpc) is 3.04. The Morgan fingerprint density at radius 1 is 1.19 bits per heavy atom. The number of benzene rings is 2. The lowest BCUT2D eigenvalue weighted by Crippen LogP contribution is -2.38. The van der Waals surface area contributed by atoms with Gasteiger partial charge in [-0.25, -0.2) is 4.39 Å². The van der Waals surface area contributed by atoms with E-state index in [1.807, 2.05) is 18.2 Å². The fourth-order valence-corrected chi connectivity index (χ4v) is 3.17. The largest absolute Gasteiger partial charge is 0.347 e. The van der Waals surface area contributed by atoms with Crippen molar-refractivity contribution in [3.8, 4) is 0 Å². The molecule has 0 spiro atoms. The molecule has 1 heterocycles. The van der Waals surface area contributed by atoms with Crippen molar-refractivity contribution >= 4 is 45.0 Å². The van der Waals surface area contributed by atoms with Gasteiger partial charge in [-0.2, -0.15) is 0 Å². The van der Waals surface area contributed by atoms with Crippen LogP contribution in [-0.2, 0) is 14.4 Å². The monoisotopic (exact) mass is 433 g/mol. The van der Waals surface area contributed by atoms with Crippen molar-refractivity contribution in [2.75, 3.05) is 23.3 Å². The Labute approximate surface area is 163 Å². The zero-order valence-electron chi connectivity index (χ0n) is 14.2. The predicted octanol–water partition coefficient (Wildman–Crippen LogP) is 2.70. The number of carbonyl (C=O) groups is 3. The van der Waals surface area contributed by atoms with Gasteiger partial charge in [0.1, 0.15) is 5.82 Å². The van der Waals surface area contributed by atoms with Crippen molar-refractivity contribution in [2.45, 2.75) is 6.42 Å². The van der Waals surface area contributed by atoms with E-state index < -0.39 is 17.6 Å². The maximum Gasteiger partial charge on any atom is 0.243 e. The topological polar surface area (TPSA) is 78.5 Å². The Morgan fingerprint density at radius 2 is 1.93 bits per heavy atom. The van der Waals surface area contributed by atoms with Crippen LogP contribution < -0.4 is 15.5 Å². The number of anilines is 2. The van der Waals surface area contributed by atoms with Crippen molar-refractivity contribution < 1.29 is 18.8 Å². The van der Waals surface area contributed by atoms with Crippen molar-refractivity contribution in [1.29, 1.82) is 0 Å². The van der Waals surface area contributed by atoms with Gasteiger partial charge in [-0.15, -0.1) is 0 Å². The summed E-state index contributed by atoms with van der Waals surface area (Å²) in [5.41, 5.74) is 0.769. The van der Waals surface area contributed by atoms with Crippen LogP contribution in [0.4, 0.5) is 15.8 Å². The molecule has 0 unspecified atom stereocenters. The van der Waals surface area contributed by atoms with E-state index in [2.05, 4.69) is 26.6 Å². The highest BCUT2D eigenvalue weighted by Gasteiger charge is 2.35. The molecule has 1 atom stereocenters. The molecule has 0 aliphatic carbocycles. The minimum absolute atomic E-state index is 0.0312. The second-order valence-electron chi connectivity index (χ2n) is 6.13. The lowest BCUT2D eigenvalue weighted by atomic mass is 10.1. The molecule has 1 aliphatic rings. The first-order chi connectivity index (χ1) is 12.9. The SMILES string of the molecule is O=C(CNC(=O)[C@@H]1CC(=O)N(c2ccccc2)C1)Nc1ccc(Br)cc1F. The second-order valence-corrected chi connectivity index (χ2v) is 7.05. The predicted molar refractivity (Wildman–Crippen MR) is 103 cm³/mol. The van der Waals surface area contributed by atoms with Crippen molar-refractivity contribution in [2.24, 2.45) is 5.92 Å². The molecule has 0 bridgehead atoms. The van der Waals surface area contributed by atoms with E-state index in [1.165, 1.54) is 12.1 Å². The Hall–Kier alpha value is -2.74. The Morgan fingerprint density at radius 3 is 2.63 bits per heavy atom. The van der Waals surface area contributed by atoms with Crippen LogP contribution in [0.3, 0.4) is 0 Å². The van der Waals surface area contributed by atoms with Crippen LogP contribution >= 0.6 is 15.9 Å². The van der Waals surface area contributed by atoms with Gasteiger partial charge < -0.3 is 15.5 Å². The Kier molecular flexibility index (Phi) is 5.85. The van der Waals surface area contributed by atoms with Gasteiger partial charge in [-0.1, -0.05) is 34.1 Å². The van der Waals surface area contributed by atoms with Crippen LogP contribution in [0.2, 0.25) is 0 Å². The van der Waals surface area contributed by atoms with Gasteiger partial charge in [0.15, 0.2) is 0 Å². The number of nitrogens with one attached hydrogen (secondary N) is 2. The standard InChI is InChI=1S/C19H17BrFN3O3/c20-13-6-7-16(15(21)9-13)23-17(25)10-22-19(27)12-8-18(26)24(11-12)14-4-2-1-3-5-14/h1-7,9,12H,8,10-11H2,(H,22,27)(H,23,25)/t12-/m1/s1. The lowest BCUT2D eigenvalue weighted by molar-refractivity contribution is -0.127. The number of amides is 3. The van der Waals surface area contributed by atoms with Crippen LogP contribution in [0, 0.1) is 11.7 Å². The number of hydrogen-bond donors (Lipinski definition) is 2. The van der Waals surface area contributed by atoms with E-state index in [0.717, 1.165) is 5.69 Å². The first kappa shape index (κ1) is 19.0. The molecule has 3 rings (SSSR count). The maximum atomic E-state index is 13.7. The van der Waals surface area contributed by atoms with Gasteiger partial charge in [0.05, 0.1) is 18.2 Å².